The number of terminal acetylenes is 1. The maximum Gasteiger partial charge on any atom is 0.222 e. The van der Waals surface area contributed by atoms with Gasteiger partial charge in [0, 0.05) is 60.6 Å². The molecule has 4 aromatic carbocycles. The zero-order valence-corrected chi connectivity index (χ0v) is 40.8. The van der Waals surface area contributed by atoms with E-state index in [0.29, 0.717) is 24.8 Å². The van der Waals surface area contributed by atoms with E-state index >= 15 is 0 Å². The van der Waals surface area contributed by atoms with Crippen molar-refractivity contribution in [2.24, 2.45) is 32.3 Å². The molecule has 6 aliphatic rings. The van der Waals surface area contributed by atoms with E-state index in [1.165, 1.54) is 22.3 Å². The number of hydroxylamine groups is 4. The minimum atomic E-state index is -0.898. The lowest BCUT2D eigenvalue weighted by Crippen LogP contribution is -2.49. The molecule has 0 saturated heterocycles. The Morgan fingerprint density at radius 2 is 1.09 bits per heavy atom. The third kappa shape index (κ3) is 9.89. The van der Waals surface area contributed by atoms with Gasteiger partial charge in [0.25, 0.3) is 0 Å². The van der Waals surface area contributed by atoms with Crippen molar-refractivity contribution in [2.75, 3.05) is 14.1 Å². The van der Waals surface area contributed by atoms with Crippen molar-refractivity contribution in [1.29, 1.82) is 0 Å². The lowest BCUT2D eigenvalue weighted by Gasteiger charge is -2.45. The van der Waals surface area contributed by atoms with Gasteiger partial charge in [0.1, 0.15) is 22.7 Å². The summed E-state index contributed by atoms with van der Waals surface area (Å²) in [5, 5.41) is 3.13. The number of nitrogens with zero attached hydrogens (tertiary/aromatic N) is 4. The Balaban J connectivity index is 0.000000159. The molecule has 10 nitrogen and oxygen atoms in total. The zero-order valence-electron chi connectivity index (χ0n) is 39.2. The number of hydrogen-bond donors (Lipinski definition) is 2. The van der Waals surface area contributed by atoms with Gasteiger partial charge in [-0.2, -0.15) is 0 Å². The number of benzene rings is 4. The molecular weight excluding hydrogens is 877 g/mol. The van der Waals surface area contributed by atoms with Crippen LogP contribution in [0.4, 0.5) is 0 Å². The van der Waals surface area contributed by atoms with Crippen LogP contribution in [0.25, 0.3) is 0 Å². The molecule has 0 fully saturated rings. The summed E-state index contributed by atoms with van der Waals surface area (Å²) in [6.07, 6.45) is 14.2. The Morgan fingerprint density at radius 3 is 1.52 bits per heavy atom. The average Bonchev–Trinajstić information content (AvgIpc) is 3.51. The van der Waals surface area contributed by atoms with Crippen LogP contribution in [0.2, 0.25) is 0 Å². The Kier molecular flexibility index (Phi) is 12.3. The van der Waals surface area contributed by atoms with Gasteiger partial charge >= 0.3 is 0 Å². The lowest BCUT2D eigenvalue weighted by molar-refractivity contribution is -0.205. The molecule has 0 amide bonds. The van der Waals surface area contributed by atoms with Crippen LogP contribution >= 0.6 is 15.9 Å². The van der Waals surface area contributed by atoms with Crippen LogP contribution in [-0.2, 0) is 46.8 Å². The van der Waals surface area contributed by atoms with Crippen molar-refractivity contribution in [3.05, 3.63) is 128 Å². The lowest BCUT2D eigenvalue weighted by atomic mass is 9.79. The number of guanidine groups is 2. The first kappa shape index (κ1) is 46.1. The summed E-state index contributed by atoms with van der Waals surface area (Å²) in [5.74, 6) is 11.6. The summed E-state index contributed by atoms with van der Waals surface area (Å²) in [6, 6.07) is 29.5. The second kappa shape index (κ2) is 17.4. The van der Waals surface area contributed by atoms with Gasteiger partial charge in [-0.15, -0.1) is 12.3 Å². The number of aliphatic imine (C=N–C) groups is 2. The largest absolute Gasteiger partial charge is 0.486 e. The summed E-state index contributed by atoms with van der Waals surface area (Å²) in [4.78, 5) is 22.2. The number of hydrogen-bond acceptors (Lipinski definition) is 10. The third-order valence-electron chi connectivity index (χ3n) is 12.8. The van der Waals surface area contributed by atoms with Gasteiger partial charge in [0.15, 0.2) is 0 Å². The van der Waals surface area contributed by atoms with Gasteiger partial charge < -0.3 is 20.9 Å². The fraction of sp³-hybridized carbons (Fsp3) is 0.444. The molecule has 4 aromatic rings. The number of rotatable bonds is 0. The summed E-state index contributed by atoms with van der Waals surface area (Å²) in [5.41, 5.74) is 18.1. The van der Waals surface area contributed by atoms with E-state index in [0.717, 1.165) is 84.0 Å². The summed E-state index contributed by atoms with van der Waals surface area (Å²) >= 11 is 3.57. The molecule has 10 rings (SSSR count). The van der Waals surface area contributed by atoms with Crippen LogP contribution in [0.3, 0.4) is 0 Å². The van der Waals surface area contributed by atoms with Crippen LogP contribution < -0.4 is 20.9 Å². The van der Waals surface area contributed by atoms with Crippen LogP contribution in [0.5, 0.6) is 11.5 Å². The van der Waals surface area contributed by atoms with Crippen LogP contribution in [0.1, 0.15) is 119 Å². The first-order chi connectivity index (χ1) is 30.7. The number of fused-ring (bicyclic) bond motifs is 6. The number of aryl methyl sites for hydroxylation is 2. The predicted molar refractivity (Wildman–Crippen MR) is 262 cm³/mol. The average molecular weight is 940 g/mol. The van der Waals surface area contributed by atoms with E-state index in [-0.39, 0.29) is 16.4 Å². The van der Waals surface area contributed by atoms with E-state index < -0.39 is 17.1 Å². The molecule has 0 saturated carbocycles. The molecule has 4 N–H and O–H groups in total. The number of halogens is 1. The van der Waals surface area contributed by atoms with E-state index in [2.05, 4.69) is 109 Å². The highest BCUT2D eigenvalue weighted by molar-refractivity contribution is 9.10. The fourth-order valence-corrected chi connectivity index (χ4v) is 10.1. The fourth-order valence-electron chi connectivity index (χ4n) is 9.72. The van der Waals surface area contributed by atoms with Gasteiger partial charge in [0.2, 0.25) is 23.4 Å². The van der Waals surface area contributed by atoms with E-state index in [4.69, 9.17) is 47.0 Å². The van der Waals surface area contributed by atoms with Crippen LogP contribution in [0, 0.1) is 35.0 Å². The van der Waals surface area contributed by atoms with Crippen molar-refractivity contribution in [3.8, 4) is 35.7 Å². The molecule has 340 valence electrons. The maximum atomic E-state index is 6.80. The van der Waals surface area contributed by atoms with E-state index in [1.807, 2.05) is 51.1 Å². The Labute approximate surface area is 394 Å². The Morgan fingerprint density at radius 1 is 0.646 bits per heavy atom. The van der Waals surface area contributed by atoms with Crippen molar-refractivity contribution in [2.45, 2.75) is 128 Å². The molecule has 0 aromatic heterocycles. The highest BCUT2D eigenvalue weighted by Gasteiger charge is 2.56. The second-order valence-corrected chi connectivity index (χ2v) is 21.4. The third-order valence-corrected chi connectivity index (χ3v) is 13.3. The van der Waals surface area contributed by atoms with Crippen molar-refractivity contribution in [3.63, 3.8) is 0 Å². The molecule has 4 atom stereocenters. The molecule has 0 radical (unpaired) electrons. The zero-order chi connectivity index (χ0) is 46.4. The van der Waals surface area contributed by atoms with Gasteiger partial charge in [0.05, 0.1) is 11.1 Å². The smallest absolute Gasteiger partial charge is 0.222 e. The molecule has 4 heterocycles. The summed E-state index contributed by atoms with van der Waals surface area (Å²) in [7, 11) is 3.61. The molecular formula is C54H63BrN6O4. The standard InChI is InChI=1S/C27H31N3O2.C21H22BrN3O2.C6H10/c1-25(2,3)15-13-19-11-12-23-22(16-19)27(29-24(28)30(4)32-27)18-26(31-23)14-7-10-20-8-5-6-9-21(20)17-26;1-25-19(23)24-21(27-25)13-20(26-18-9-8-16(22)11-17(18)21)10-4-7-14-5-2-3-6-15(14)12-20;1-5-6(2,3)4/h5-6,8-9,11-12,16H,7,10,14,17-18H2,1-4H3,(H2,28,29);2-3,5-6,8-9,11H,4,7,10,12-13H2,1H3,(H2,23,24);1H,2-4H3. The molecule has 65 heavy (non-hydrogen) atoms. The van der Waals surface area contributed by atoms with Gasteiger partial charge in [-0.3, -0.25) is 0 Å². The molecule has 11 heteroatoms. The first-order valence-electron chi connectivity index (χ1n) is 22.8. The number of nitrogens with two attached hydrogens (primary N) is 2. The SMILES string of the molecule is C#CC(C)(C)C.CN1OC2(CC3(CCCc4ccccc4C3)Oc3ccc(Br)cc32)N=C1N.CN1OC2(CC3(CCCc4ccccc4C3)Oc3ccc(C#CC(C)(C)C)cc32)N=C1N. The topological polar surface area (TPSA) is 120 Å². The Bertz CT molecular complexity index is 2630. The van der Waals surface area contributed by atoms with Crippen molar-refractivity contribution in [1.82, 2.24) is 10.1 Å². The number of ether oxygens (including phenoxy) is 2. The normalized spacial score (nSPS) is 26.1. The predicted octanol–water partition coefficient (Wildman–Crippen LogP) is 10.1. The quantitative estimate of drug-likeness (QED) is 0.167. The monoisotopic (exact) mass is 938 g/mol. The molecule has 4 spiro atoms. The molecule has 4 aliphatic heterocycles. The van der Waals surface area contributed by atoms with Gasteiger partial charge in [-0.25, -0.2) is 29.8 Å². The minimum absolute atomic E-state index is 0.0694. The van der Waals surface area contributed by atoms with Crippen molar-refractivity contribution < 1.29 is 19.1 Å². The molecule has 2 aliphatic carbocycles. The van der Waals surface area contributed by atoms with Gasteiger partial charge in [-0.1, -0.05) is 76.3 Å². The van der Waals surface area contributed by atoms with Crippen molar-refractivity contribution >= 4 is 27.8 Å². The summed E-state index contributed by atoms with van der Waals surface area (Å²) in [6.45, 7) is 12.3. The highest BCUT2D eigenvalue weighted by atomic mass is 79.9. The highest BCUT2D eigenvalue weighted by Crippen LogP contribution is 2.54. The first-order valence-corrected chi connectivity index (χ1v) is 23.5. The molecule has 4 unspecified atom stereocenters. The second-order valence-electron chi connectivity index (χ2n) is 20.5. The van der Waals surface area contributed by atoms with Crippen LogP contribution in [0.15, 0.2) is 99.4 Å². The minimum Gasteiger partial charge on any atom is -0.486 e. The van der Waals surface area contributed by atoms with Gasteiger partial charge in [-0.05, 0) is 139 Å². The molecule has 0 bridgehead atoms. The Hall–Kier alpha value is -5.46. The van der Waals surface area contributed by atoms with E-state index in [1.54, 1.807) is 24.2 Å². The van der Waals surface area contributed by atoms with Crippen LogP contribution in [-0.4, -0.2) is 47.3 Å². The maximum absolute atomic E-state index is 6.80. The summed E-state index contributed by atoms with van der Waals surface area (Å²) < 4.78 is 14.4. The van der Waals surface area contributed by atoms with E-state index in [9.17, 15) is 0 Å².